The van der Waals surface area contributed by atoms with Crippen LogP contribution < -0.4 is 10.6 Å². The first kappa shape index (κ1) is 21.0. The average molecular weight is 423 g/mol. The van der Waals surface area contributed by atoms with Crippen LogP contribution in [-0.2, 0) is 7.05 Å². The maximum atomic E-state index is 14.5. The van der Waals surface area contributed by atoms with Gasteiger partial charge in [-0.2, -0.15) is 5.10 Å². The summed E-state index contributed by atoms with van der Waals surface area (Å²) in [6.45, 7) is 3.63. The third kappa shape index (κ3) is 4.59. The van der Waals surface area contributed by atoms with Crippen molar-refractivity contribution >= 4 is 11.7 Å². The molecule has 31 heavy (non-hydrogen) atoms. The molecule has 0 radical (unpaired) electrons. The minimum atomic E-state index is -0.533. The molecule has 1 aliphatic carbocycles. The summed E-state index contributed by atoms with van der Waals surface area (Å²) < 4.78 is 16.2. The highest BCUT2D eigenvalue weighted by atomic mass is 19.1. The van der Waals surface area contributed by atoms with Crippen LogP contribution >= 0.6 is 0 Å². The van der Waals surface area contributed by atoms with Gasteiger partial charge >= 0.3 is 0 Å². The molecule has 4 rings (SSSR count). The summed E-state index contributed by atoms with van der Waals surface area (Å²) in [4.78, 5) is 17.1. The fourth-order valence-electron chi connectivity index (χ4n) is 3.44. The molecule has 1 atom stereocenters. The third-order valence-corrected chi connectivity index (χ3v) is 5.34. The summed E-state index contributed by atoms with van der Waals surface area (Å²) >= 11 is 0. The van der Waals surface area contributed by atoms with Crippen molar-refractivity contribution in [1.29, 1.82) is 0 Å². The Morgan fingerprint density at radius 2 is 2.03 bits per heavy atom. The molecular formula is C23H26FN5O2. The van der Waals surface area contributed by atoms with Crippen molar-refractivity contribution in [3.8, 4) is 22.3 Å². The second-order valence-electron chi connectivity index (χ2n) is 8.15. The molecule has 1 saturated carbocycles. The van der Waals surface area contributed by atoms with Crippen LogP contribution in [0.2, 0.25) is 0 Å². The Morgan fingerprint density at radius 1 is 1.26 bits per heavy atom. The molecule has 2 heterocycles. The fraction of sp³-hybridized carbons (Fsp3) is 0.348. The Bertz CT molecular complexity index is 1120. The molecule has 162 valence electrons. The highest BCUT2D eigenvalue weighted by Gasteiger charge is 2.26. The number of aliphatic hydroxyl groups excluding tert-OH is 1. The largest absolute Gasteiger partial charge is 0.394 e. The standard InChI is InChI=1S/C23H26FN5O2/c1-13-6-21(24)20(23(31)28-17-4-5-17)8-18(13)15-7-19(16-10-26-29(3)11-16)22(25-9-15)27-14(2)12-30/h6-11,14,17,30H,4-5,12H2,1-3H3,(H,25,27)(H,28,31)/t14-/m1/s1. The Hall–Kier alpha value is -3.26. The van der Waals surface area contributed by atoms with Crippen molar-refractivity contribution in [3.05, 3.63) is 53.7 Å². The summed E-state index contributed by atoms with van der Waals surface area (Å²) in [6.07, 6.45) is 7.18. The number of aryl methyl sites for hydroxylation is 2. The maximum absolute atomic E-state index is 14.5. The van der Waals surface area contributed by atoms with E-state index in [0.29, 0.717) is 11.4 Å². The lowest BCUT2D eigenvalue weighted by molar-refractivity contribution is 0.0947. The molecule has 1 amide bonds. The predicted octanol–water partition coefficient (Wildman–Crippen LogP) is 3.28. The highest BCUT2D eigenvalue weighted by molar-refractivity contribution is 5.96. The zero-order chi connectivity index (χ0) is 22.1. The number of aromatic nitrogens is 3. The van der Waals surface area contributed by atoms with Gasteiger partial charge in [0.2, 0.25) is 0 Å². The molecule has 0 saturated heterocycles. The fourth-order valence-corrected chi connectivity index (χ4v) is 3.44. The maximum Gasteiger partial charge on any atom is 0.254 e. The number of pyridine rings is 1. The number of carbonyl (C=O) groups excluding carboxylic acids is 1. The van der Waals surface area contributed by atoms with Gasteiger partial charge in [0.05, 0.1) is 18.4 Å². The van der Waals surface area contributed by atoms with Crippen molar-refractivity contribution in [3.63, 3.8) is 0 Å². The number of nitrogens with one attached hydrogen (secondary N) is 2. The molecule has 3 N–H and O–H groups in total. The van der Waals surface area contributed by atoms with Crippen LogP contribution in [0.5, 0.6) is 0 Å². The van der Waals surface area contributed by atoms with E-state index in [2.05, 4.69) is 20.7 Å². The minimum Gasteiger partial charge on any atom is -0.394 e. The number of anilines is 1. The zero-order valence-electron chi connectivity index (χ0n) is 17.8. The van der Waals surface area contributed by atoms with Crippen molar-refractivity contribution in [1.82, 2.24) is 20.1 Å². The van der Waals surface area contributed by atoms with Crippen molar-refractivity contribution in [2.24, 2.45) is 7.05 Å². The molecular weight excluding hydrogens is 397 g/mol. The van der Waals surface area contributed by atoms with Gasteiger partial charge in [-0.3, -0.25) is 9.48 Å². The van der Waals surface area contributed by atoms with Crippen LogP contribution in [0.4, 0.5) is 10.2 Å². The van der Waals surface area contributed by atoms with E-state index < -0.39 is 11.7 Å². The van der Waals surface area contributed by atoms with Crippen LogP contribution in [0.1, 0.15) is 35.7 Å². The SMILES string of the molecule is Cc1cc(F)c(C(=O)NC2CC2)cc1-c1cnc(N[C@H](C)CO)c(-c2cnn(C)c2)c1. The number of benzene rings is 1. The van der Waals surface area contributed by atoms with Crippen molar-refractivity contribution < 1.29 is 14.3 Å². The van der Waals surface area contributed by atoms with E-state index in [0.717, 1.165) is 35.1 Å². The van der Waals surface area contributed by atoms with Crippen LogP contribution in [0.3, 0.4) is 0 Å². The van der Waals surface area contributed by atoms with Crippen LogP contribution in [0.25, 0.3) is 22.3 Å². The summed E-state index contributed by atoms with van der Waals surface area (Å²) in [5.74, 6) is -0.309. The Kier molecular flexibility index (Phi) is 5.73. The van der Waals surface area contributed by atoms with E-state index >= 15 is 0 Å². The number of carbonyl (C=O) groups is 1. The monoisotopic (exact) mass is 423 g/mol. The summed E-state index contributed by atoms with van der Waals surface area (Å²) in [5, 5.41) is 19.7. The Labute approximate surface area is 180 Å². The lowest BCUT2D eigenvalue weighted by Gasteiger charge is -2.17. The average Bonchev–Trinajstić information content (AvgIpc) is 3.45. The van der Waals surface area contributed by atoms with E-state index in [4.69, 9.17) is 0 Å². The molecule has 0 aliphatic heterocycles. The Morgan fingerprint density at radius 3 is 2.68 bits per heavy atom. The van der Waals surface area contributed by atoms with Crippen LogP contribution in [-0.4, -0.2) is 44.5 Å². The molecule has 0 spiro atoms. The predicted molar refractivity (Wildman–Crippen MR) is 117 cm³/mol. The van der Waals surface area contributed by atoms with Gasteiger partial charge in [0.15, 0.2) is 0 Å². The van der Waals surface area contributed by atoms with E-state index in [9.17, 15) is 14.3 Å². The number of hydrogen-bond donors (Lipinski definition) is 3. The van der Waals surface area contributed by atoms with Gasteiger partial charge in [-0.15, -0.1) is 0 Å². The molecule has 0 bridgehead atoms. The number of rotatable bonds is 7. The number of hydrogen-bond acceptors (Lipinski definition) is 5. The highest BCUT2D eigenvalue weighted by Crippen LogP contribution is 2.33. The topological polar surface area (TPSA) is 92.1 Å². The van der Waals surface area contributed by atoms with Gasteiger partial charge in [0.25, 0.3) is 5.91 Å². The number of aliphatic hydroxyl groups is 1. The van der Waals surface area contributed by atoms with Gasteiger partial charge in [0.1, 0.15) is 11.6 Å². The first-order valence-corrected chi connectivity index (χ1v) is 10.3. The molecule has 0 unspecified atom stereocenters. The van der Waals surface area contributed by atoms with Gasteiger partial charge < -0.3 is 15.7 Å². The van der Waals surface area contributed by atoms with E-state index in [1.54, 1.807) is 23.1 Å². The van der Waals surface area contributed by atoms with Gasteiger partial charge in [-0.05, 0) is 56.0 Å². The van der Waals surface area contributed by atoms with Crippen LogP contribution in [0.15, 0.2) is 36.8 Å². The number of amides is 1. The molecule has 3 aromatic rings. The van der Waals surface area contributed by atoms with E-state index in [1.807, 2.05) is 33.2 Å². The zero-order valence-corrected chi connectivity index (χ0v) is 17.8. The Balaban J connectivity index is 1.77. The second-order valence-corrected chi connectivity index (χ2v) is 8.15. The summed E-state index contributed by atoms with van der Waals surface area (Å²) in [7, 11) is 1.83. The number of nitrogens with zero attached hydrogens (tertiary/aromatic N) is 3. The van der Waals surface area contributed by atoms with E-state index in [-0.39, 0.29) is 24.3 Å². The lowest BCUT2D eigenvalue weighted by Crippen LogP contribution is -2.26. The molecule has 7 nitrogen and oxygen atoms in total. The van der Waals surface area contributed by atoms with Crippen molar-refractivity contribution in [2.75, 3.05) is 11.9 Å². The summed E-state index contributed by atoms with van der Waals surface area (Å²) in [6, 6.07) is 4.89. The molecule has 1 aromatic carbocycles. The lowest BCUT2D eigenvalue weighted by atomic mass is 9.96. The molecule has 8 heteroatoms. The first-order chi connectivity index (χ1) is 14.9. The van der Waals surface area contributed by atoms with Gasteiger partial charge in [0, 0.05) is 48.2 Å². The van der Waals surface area contributed by atoms with E-state index in [1.165, 1.54) is 6.07 Å². The first-order valence-electron chi connectivity index (χ1n) is 10.3. The van der Waals surface area contributed by atoms with Gasteiger partial charge in [-0.25, -0.2) is 9.37 Å². The quantitative estimate of drug-likeness (QED) is 0.542. The minimum absolute atomic E-state index is 0.0338. The van der Waals surface area contributed by atoms with Gasteiger partial charge in [-0.1, -0.05) is 0 Å². The normalized spacial score (nSPS) is 14.4. The molecule has 2 aromatic heterocycles. The smallest absolute Gasteiger partial charge is 0.254 e. The molecule has 1 aliphatic rings. The summed E-state index contributed by atoms with van der Waals surface area (Å²) in [5.41, 5.74) is 3.91. The van der Waals surface area contributed by atoms with Crippen LogP contribution in [0, 0.1) is 12.7 Å². The molecule has 1 fully saturated rings. The third-order valence-electron chi connectivity index (χ3n) is 5.34. The second kappa shape index (κ2) is 8.47. The number of halogens is 1. The van der Waals surface area contributed by atoms with Crippen molar-refractivity contribution in [2.45, 2.75) is 38.8 Å².